The molecular formula is C15H23IN6S. The maximum atomic E-state index is 4.52. The number of nitrogens with one attached hydrogen (secondary N) is 2. The van der Waals surface area contributed by atoms with Gasteiger partial charge in [-0.15, -0.1) is 35.7 Å². The predicted octanol–water partition coefficient (Wildman–Crippen LogP) is 2.28. The lowest BCUT2D eigenvalue weighted by molar-refractivity contribution is 0.698. The Morgan fingerprint density at radius 2 is 2.04 bits per heavy atom. The van der Waals surface area contributed by atoms with E-state index in [0.29, 0.717) is 6.54 Å². The van der Waals surface area contributed by atoms with E-state index in [9.17, 15) is 0 Å². The van der Waals surface area contributed by atoms with Gasteiger partial charge in [0.25, 0.3) is 0 Å². The molecule has 0 radical (unpaired) electrons. The van der Waals surface area contributed by atoms with Crippen LogP contribution in [0.2, 0.25) is 0 Å². The maximum absolute atomic E-state index is 4.52. The van der Waals surface area contributed by atoms with Gasteiger partial charge in [-0.2, -0.15) is 5.10 Å². The molecule has 2 N–H and O–H groups in total. The zero-order valence-corrected chi connectivity index (χ0v) is 16.5. The molecule has 126 valence electrons. The van der Waals surface area contributed by atoms with E-state index in [2.05, 4.69) is 56.9 Å². The summed E-state index contributed by atoms with van der Waals surface area (Å²) >= 11 is 1.83. The minimum Gasteiger partial charge on any atom is -0.357 e. The van der Waals surface area contributed by atoms with E-state index in [4.69, 9.17) is 0 Å². The third-order valence-corrected chi connectivity index (χ3v) is 3.95. The summed E-state index contributed by atoms with van der Waals surface area (Å²) in [6.07, 6.45) is 1.54. The lowest BCUT2D eigenvalue weighted by atomic mass is 10.4. The Kier molecular flexibility index (Phi) is 9.69. The average Bonchev–Trinajstić information content (AvgIpc) is 2.95. The van der Waals surface area contributed by atoms with Crippen molar-refractivity contribution < 1.29 is 0 Å². The Bertz CT molecular complexity index is 587. The second-order valence-electron chi connectivity index (χ2n) is 4.58. The summed E-state index contributed by atoms with van der Waals surface area (Å²) in [5.74, 6) is 2.63. The summed E-state index contributed by atoms with van der Waals surface area (Å²) in [5.41, 5.74) is 0. The van der Waals surface area contributed by atoms with Gasteiger partial charge in [0.05, 0.1) is 0 Å². The van der Waals surface area contributed by atoms with Crippen LogP contribution in [0.4, 0.5) is 0 Å². The first-order valence-electron chi connectivity index (χ1n) is 7.32. The summed E-state index contributed by atoms with van der Waals surface area (Å²) < 4.78 is 1.73. The molecule has 0 fully saturated rings. The molecule has 0 atom stereocenters. The van der Waals surface area contributed by atoms with Crippen LogP contribution in [0.5, 0.6) is 0 Å². The van der Waals surface area contributed by atoms with Crippen molar-refractivity contribution in [2.45, 2.75) is 18.4 Å². The Balaban J connectivity index is 0.00000264. The number of benzene rings is 1. The zero-order chi connectivity index (χ0) is 15.6. The number of aryl methyl sites for hydroxylation is 1. The van der Waals surface area contributed by atoms with Crippen LogP contribution in [-0.4, -0.2) is 39.6 Å². The Hall–Kier alpha value is -1.29. The van der Waals surface area contributed by atoms with Crippen molar-refractivity contribution in [1.82, 2.24) is 25.4 Å². The molecule has 1 aromatic carbocycles. The van der Waals surface area contributed by atoms with E-state index >= 15 is 0 Å². The van der Waals surface area contributed by atoms with Gasteiger partial charge >= 0.3 is 0 Å². The molecule has 0 saturated heterocycles. The molecule has 1 heterocycles. The van der Waals surface area contributed by atoms with E-state index in [-0.39, 0.29) is 24.0 Å². The van der Waals surface area contributed by atoms with Crippen molar-refractivity contribution in [1.29, 1.82) is 0 Å². The molecule has 8 heteroatoms. The first-order chi connectivity index (χ1) is 10.8. The van der Waals surface area contributed by atoms with Gasteiger partial charge < -0.3 is 10.6 Å². The third kappa shape index (κ3) is 7.21. The normalized spacial score (nSPS) is 11.0. The molecule has 0 bridgehead atoms. The first kappa shape index (κ1) is 19.8. The van der Waals surface area contributed by atoms with Crippen LogP contribution in [0.15, 0.2) is 46.5 Å². The van der Waals surface area contributed by atoms with Crippen molar-refractivity contribution in [3.05, 3.63) is 42.5 Å². The fourth-order valence-corrected chi connectivity index (χ4v) is 2.60. The first-order valence-corrected chi connectivity index (χ1v) is 8.31. The lowest BCUT2D eigenvalue weighted by Gasteiger charge is -2.11. The summed E-state index contributed by atoms with van der Waals surface area (Å²) in [7, 11) is 1.87. The maximum Gasteiger partial charge on any atom is 0.191 e. The van der Waals surface area contributed by atoms with Crippen LogP contribution in [-0.2, 0) is 13.6 Å². The fraction of sp³-hybridized carbons (Fsp3) is 0.400. The van der Waals surface area contributed by atoms with Gasteiger partial charge in [-0.05, 0) is 19.1 Å². The van der Waals surface area contributed by atoms with Crippen molar-refractivity contribution in [2.24, 2.45) is 12.0 Å². The van der Waals surface area contributed by atoms with Crippen LogP contribution < -0.4 is 10.6 Å². The zero-order valence-electron chi connectivity index (χ0n) is 13.4. The highest BCUT2D eigenvalue weighted by molar-refractivity contribution is 14.0. The molecule has 0 aliphatic heterocycles. The largest absolute Gasteiger partial charge is 0.357 e. The number of hydrogen-bond acceptors (Lipinski definition) is 4. The minimum atomic E-state index is 0. The van der Waals surface area contributed by atoms with Gasteiger partial charge in [0, 0.05) is 30.8 Å². The quantitative estimate of drug-likeness (QED) is 0.225. The molecule has 0 aliphatic carbocycles. The minimum absolute atomic E-state index is 0. The summed E-state index contributed by atoms with van der Waals surface area (Å²) in [4.78, 5) is 9.97. The SMILES string of the molecule is CCNC(=NCc1ncnn1C)NCCSc1ccccc1.I. The lowest BCUT2D eigenvalue weighted by Crippen LogP contribution is -2.38. The number of thioether (sulfide) groups is 1. The summed E-state index contributed by atoms with van der Waals surface area (Å²) in [6.45, 7) is 4.25. The van der Waals surface area contributed by atoms with Crippen molar-refractivity contribution in [3.8, 4) is 0 Å². The predicted molar refractivity (Wildman–Crippen MR) is 106 cm³/mol. The molecule has 23 heavy (non-hydrogen) atoms. The van der Waals surface area contributed by atoms with E-state index < -0.39 is 0 Å². The van der Waals surface area contributed by atoms with Crippen molar-refractivity contribution >= 4 is 41.7 Å². The summed E-state index contributed by atoms with van der Waals surface area (Å²) in [6, 6.07) is 10.4. The number of aromatic nitrogens is 3. The van der Waals surface area contributed by atoms with Crippen LogP contribution in [0.1, 0.15) is 12.7 Å². The van der Waals surface area contributed by atoms with Gasteiger partial charge in [-0.25, -0.2) is 9.98 Å². The van der Waals surface area contributed by atoms with Gasteiger partial charge in [0.1, 0.15) is 18.7 Å². The number of rotatable bonds is 7. The van der Waals surface area contributed by atoms with Crippen molar-refractivity contribution in [3.63, 3.8) is 0 Å². The smallest absolute Gasteiger partial charge is 0.191 e. The number of nitrogens with zero attached hydrogens (tertiary/aromatic N) is 4. The highest BCUT2D eigenvalue weighted by Gasteiger charge is 2.01. The highest BCUT2D eigenvalue weighted by atomic mass is 127. The Morgan fingerprint density at radius 1 is 1.26 bits per heavy atom. The standard InChI is InChI=1S/C15H22N6S.HI/c1-3-16-15(18-11-14-19-12-20-21(14)2)17-9-10-22-13-7-5-4-6-8-13;/h4-8,12H,3,9-11H2,1-2H3,(H2,16,17,18);1H. The van der Waals surface area contributed by atoms with E-state index in [1.54, 1.807) is 11.0 Å². The van der Waals surface area contributed by atoms with E-state index in [0.717, 1.165) is 30.6 Å². The van der Waals surface area contributed by atoms with E-state index in [1.165, 1.54) is 4.90 Å². The second-order valence-corrected chi connectivity index (χ2v) is 5.75. The van der Waals surface area contributed by atoms with Crippen LogP contribution in [0, 0.1) is 0 Å². The fourth-order valence-electron chi connectivity index (χ4n) is 1.81. The van der Waals surface area contributed by atoms with Crippen LogP contribution in [0.3, 0.4) is 0 Å². The van der Waals surface area contributed by atoms with Crippen molar-refractivity contribution in [2.75, 3.05) is 18.8 Å². The molecule has 0 amide bonds. The Labute approximate surface area is 158 Å². The molecule has 2 rings (SSSR count). The van der Waals surface area contributed by atoms with Crippen LogP contribution >= 0.6 is 35.7 Å². The third-order valence-electron chi connectivity index (χ3n) is 2.93. The number of hydrogen-bond donors (Lipinski definition) is 2. The van der Waals surface area contributed by atoms with E-state index in [1.807, 2.05) is 24.9 Å². The second kappa shape index (κ2) is 11.3. The van der Waals surface area contributed by atoms with Gasteiger partial charge in [0.2, 0.25) is 0 Å². The Morgan fingerprint density at radius 3 is 2.70 bits per heavy atom. The summed E-state index contributed by atoms with van der Waals surface area (Å²) in [5, 5.41) is 10.6. The molecule has 0 saturated carbocycles. The van der Waals surface area contributed by atoms with Gasteiger partial charge in [0.15, 0.2) is 5.96 Å². The molecule has 1 aromatic heterocycles. The monoisotopic (exact) mass is 446 g/mol. The molecule has 6 nitrogen and oxygen atoms in total. The molecule has 0 unspecified atom stereocenters. The molecule has 0 spiro atoms. The number of guanidine groups is 1. The average molecular weight is 446 g/mol. The van der Waals surface area contributed by atoms with Gasteiger partial charge in [-0.3, -0.25) is 4.68 Å². The highest BCUT2D eigenvalue weighted by Crippen LogP contribution is 2.15. The number of halogens is 1. The molecular weight excluding hydrogens is 423 g/mol. The van der Waals surface area contributed by atoms with Crippen LogP contribution in [0.25, 0.3) is 0 Å². The topological polar surface area (TPSA) is 67.1 Å². The van der Waals surface area contributed by atoms with Gasteiger partial charge in [-0.1, -0.05) is 18.2 Å². The molecule has 2 aromatic rings. The molecule has 0 aliphatic rings. The number of aliphatic imine (C=N–C) groups is 1.